The van der Waals surface area contributed by atoms with Gasteiger partial charge in [0.25, 0.3) is 5.91 Å². The van der Waals surface area contributed by atoms with Crippen LogP contribution in [0.3, 0.4) is 0 Å². The lowest BCUT2D eigenvalue weighted by molar-refractivity contribution is -0.138. The predicted octanol–water partition coefficient (Wildman–Crippen LogP) is -0.737. The van der Waals surface area contributed by atoms with Gasteiger partial charge < -0.3 is 30.3 Å². The van der Waals surface area contributed by atoms with Crippen molar-refractivity contribution in [2.45, 2.75) is 37.5 Å². The van der Waals surface area contributed by atoms with Gasteiger partial charge in [-0.2, -0.15) is 5.09 Å². The van der Waals surface area contributed by atoms with Crippen molar-refractivity contribution in [3.05, 3.63) is 42.5 Å². The zero-order valence-corrected chi connectivity index (χ0v) is 17.6. The molecule has 1 unspecified atom stereocenters. The number of nitrogens with zero attached hydrogens (tertiary/aromatic N) is 3. The Balaban J connectivity index is 1.72. The molecule has 14 nitrogen and oxygen atoms in total. The first kappa shape index (κ1) is 23.8. The monoisotopic (exact) mass is 471 g/mol. The lowest BCUT2D eigenvalue weighted by atomic mass is 10.1. The largest absolute Gasteiger partial charge is 0.480 e. The molecule has 2 heterocycles. The molecule has 2 aromatic rings. The van der Waals surface area contributed by atoms with Gasteiger partial charge in [-0.3, -0.25) is 14.1 Å². The number of benzene rings is 1. The summed E-state index contributed by atoms with van der Waals surface area (Å²) < 4.78 is 30.4. The molecule has 1 aromatic heterocycles. The van der Waals surface area contributed by atoms with Crippen LogP contribution in [0.2, 0.25) is 0 Å². The van der Waals surface area contributed by atoms with Gasteiger partial charge in [-0.15, -0.1) is 5.10 Å². The summed E-state index contributed by atoms with van der Waals surface area (Å²) in [7, 11) is -4.25. The number of aliphatic carboxylic acids is 1. The van der Waals surface area contributed by atoms with Crippen LogP contribution in [0.25, 0.3) is 0 Å². The molecular weight excluding hydrogens is 449 g/mol. The number of amides is 1. The number of aliphatic hydroxyl groups is 2. The molecule has 0 aliphatic carbocycles. The zero-order valence-electron chi connectivity index (χ0n) is 16.7. The summed E-state index contributed by atoms with van der Waals surface area (Å²) in [6.45, 7) is 0.698. The predicted molar refractivity (Wildman–Crippen MR) is 105 cm³/mol. The summed E-state index contributed by atoms with van der Waals surface area (Å²) >= 11 is 0. The van der Waals surface area contributed by atoms with Gasteiger partial charge >= 0.3 is 13.7 Å². The van der Waals surface area contributed by atoms with E-state index in [2.05, 4.69) is 15.2 Å². The van der Waals surface area contributed by atoms with Crippen molar-refractivity contribution in [2.24, 2.45) is 5.73 Å². The minimum absolute atomic E-state index is 0.147. The number of carbonyl (C=O) groups excluding carboxylic acids is 1. The summed E-state index contributed by atoms with van der Waals surface area (Å²) in [5.41, 5.74) is 5.09. The van der Waals surface area contributed by atoms with Crippen molar-refractivity contribution in [1.82, 2.24) is 19.9 Å². The molecule has 3 rings (SSSR count). The van der Waals surface area contributed by atoms with Crippen molar-refractivity contribution in [2.75, 3.05) is 6.61 Å². The second-order valence-electron chi connectivity index (χ2n) is 6.85. The van der Waals surface area contributed by atoms with E-state index < -0.39 is 56.8 Å². The summed E-state index contributed by atoms with van der Waals surface area (Å²) in [5, 5.41) is 35.8. The van der Waals surface area contributed by atoms with Crippen LogP contribution in [0.5, 0.6) is 5.75 Å². The van der Waals surface area contributed by atoms with E-state index in [1.165, 1.54) is 19.1 Å². The van der Waals surface area contributed by atoms with E-state index in [1.54, 1.807) is 18.2 Å². The summed E-state index contributed by atoms with van der Waals surface area (Å²) in [6.07, 6.45) is -4.34. The van der Waals surface area contributed by atoms with Crippen LogP contribution >= 0.6 is 7.75 Å². The van der Waals surface area contributed by atoms with Crippen LogP contribution in [-0.2, 0) is 18.6 Å². The van der Waals surface area contributed by atoms with Crippen LogP contribution < -0.4 is 15.3 Å². The lowest BCUT2D eigenvalue weighted by Crippen LogP contribution is -2.36. The topological polar surface area (TPSA) is 208 Å². The van der Waals surface area contributed by atoms with Crippen LogP contribution in [0.15, 0.2) is 36.7 Å². The maximum Gasteiger partial charge on any atom is 0.459 e. The number of rotatable bonds is 10. The Morgan fingerprint density at radius 3 is 2.59 bits per heavy atom. The lowest BCUT2D eigenvalue weighted by Gasteiger charge is -2.23. The number of carboxylic acids is 1. The standard InChI is InChI=1S/C17H22N5O9P/c1-9(17(26)27)21-32(28,31-10-5-3-2-4-6-10)29-7-11-12(23)13(24)16(30-11)22-8-19-15(20-22)14(18)25/h2-6,8-9,11-13,16,23-24H,7H2,1H3,(H2,18,25)(H,21,28)(H,26,27)/t9-,11+,12+,13+,16+,32?/m0/s1. The van der Waals surface area contributed by atoms with Gasteiger partial charge in [-0.05, 0) is 19.1 Å². The normalized spacial score (nSPS) is 25.7. The van der Waals surface area contributed by atoms with Gasteiger partial charge in [0, 0.05) is 0 Å². The Bertz CT molecular complexity index is 1000. The van der Waals surface area contributed by atoms with Gasteiger partial charge in [-0.25, -0.2) is 14.2 Å². The van der Waals surface area contributed by atoms with E-state index in [0.717, 1.165) is 11.0 Å². The molecule has 1 saturated heterocycles. The number of carbonyl (C=O) groups is 2. The first-order chi connectivity index (χ1) is 15.1. The molecule has 15 heteroatoms. The molecule has 6 atom stereocenters. The second kappa shape index (κ2) is 9.73. The SMILES string of the molecule is C[C@H](NP(=O)(OC[C@H]1O[C@@H](n2cnc(C(N)=O)n2)[C@H](O)[C@@H]1O)Oc1ccccc1)C(=O)O. The van der Waals surface area contributed by atoms with E-state index in [-0.39, 0.29) is 11.6 Å². The first-order valence-electron chi connectivity index (χ1n) is 9.32. The molecular formula is C17H22N5O9P. The molecule has 0 radical (unpaired) electrons. The van der Waals surface area contributed by atoms with Gasteiger partial charge in [0.05, 0.1) is 6.61 Å². The third kappa shape index (κ3) is 5.48. The van der Waals surface area contributed by atoms with E-state index in [9.17, 15) is 24.4 Å². The molecule has 1 aromatic carbocycles. The molecule has 174 valence electrons. The van der Waals surface area contributed by atoms with Gasteiger partial charge in [0.1, 0.15) is 36.4 Å². The molecule has 6 N–H and O–H groups in total. The van der Waals surface area contributed by atoms with E-state index in [1.807, 2.05) is 0 Å². The van der Waals surface area contributed by atoms with Gasteiger partial charge in [-0.1, -0.05) is 18.2 Å². The first-order valence-corrected chi connectivity index (χ1v) is 10.9. The molecule has 1 fully saturated rings. The van der Waals surface area contributed by atoms with Crippen LogP contribution in [-0.4, -0.2) is 72.9 Å². The van der Waals surface area contributed by atoms with Crippen LogP contribution in [0.1, 0.15) is 23.8 Å². The van der Waals surface area contributed by atoms with Crippen LogP contribution in [0, 0.1) is 0 Å². The second-order valence-corrected chi connectivity index (χ2v) is 8.54. The Hall–Kier alpha value is -2.87. The zero-order chi connectivity index (χ0) is 23.5. The Morgan fingerprint density at radius 1 is 1.31 bits per heavy atom. The fraction of sp³-hybridized carbons (Fsp3) is 0.412. The highest BCUT2D eigenvalue weighted by atomic mass is 31.2. The molecule has 32 heavy (non-hydrogen) atoms. The molecule has 1 aliphatic rings. The Morgan fingerprint density at radius 2 is 2.00 bits per heavy atom. The van der Waals surface area contributed by atoms with E-state index in [0.29, 0.717) is 0 Å². The molecule has 0 saturated carbocycles. The third-order valence-corrected chi connectivity index (χ3v) is 6.07. The number of ether oxygens (including phenoxy) is 1. The highest BCUT2D eigenvalue weighted by Gasteiger charge is 2.46. The number of hydrogen-bond donors (Lipinski definition) is 5. The fourth-order valence-electron chi connectivity index (χ4n) is 2.77. The van der Waals surface area contributed by atoms with E-state index >= 15 is 0 Å². The number of nitrogens with two attached hydrogens (primary N) is 1. The maximum atomic E-state index is 13.2. The molecule has 0 bridgehead atoms. The summed E-state index contributed by atoms with van der Waals surface area (Å²) in [4.78, 5) is 26.0. The quantitative estimate of drug-likeness (QED) is 0.272. The average Bonchev–Trinajstić information content (AvgIpc) is 3.33. The summed E-state index contributed by atoms with van der Waals surface area (Å²) in [6, 6.07) is 6.62. The third-order valence-electron chi connectivity index (χ3n) is 4.43. The number of carboxylic acid groups (broad SMARTS) is 1. The van der Waals surface area contributed by atoms with Crippen molar-refractivity contribution in [3.63, 3.8) is 0 Å². The number of nitrogens with one attached hydrogen (secondary N) is 1. The van der Waals surface area contributed by atoms with Crippen molar-refractivity contribution in [3.8, 4) is 5.75 Å². The Kier molecular flexibility index (Phi) is 7.23. The number of hydrogen-bond acceptors (Lipinski definition) is 10. The minimum Gasteiger partial charge on any atom is -0.480 e. The van der Waals surface area contributed by atoms with Gasteiger partial charge in [0.2, 0.25) is 5.82 Å². The van der Waals surface area contributed by atoms with Gasteiger partial charge in [0.15, 0.2) is 6.23 Å². The van der Waals surface area contributed by atoms with Crippen LogP contribution in [0.4, 0.5) is 0 Å². The highest BCUT2D eigenvalue weighted by molar-refractivity contribution is 7.52. The number of primary amides is 1. The number of aliphatic hydroxyl groups excluding tert-OH is 2. The average molecular weight is 471 g/mol. The number of aromatic nitrogens is 3. The van der Waals surface area contributed by atoms with Crippen molar-refractivity contribution < 1.29 is 43.3 Å². The summed E-state index contributed by atoms with van der Waals surface area (Å²) in [5.74, 6) is -2.36. The molecule has 1 aliphatic heterocycles. The Labute approximate surface area is 181 Å². The molecule has 0 spiro atoms. The van der Waals surface area contributed by atoms with Crippen molar-refractivity contribution in [1.29, 1.82) is 0 Å². The van der Waals surface area contributed by atoms with E-state index in [4.69, 9.17) is 24.6 Å². The smallest absolute Gasteiger partial charge is 0.459 e. The molecule has 1 amide bonds. The van der Waals surface area contributed by atoms with Crippen molar-refractivity contribution >= 4 is 19.6 Å². The number of para-hydroxylation sites is 1. The fourth-order valence-corrected chi connectivity index (χ4v) is 4.28. The maximum absolute atomic E-state index is 13.2. The highest BCUT2D eigenvalue weighted by Crippen LogP contribution is 2.45. The minimum atomic E-state index is -4.25.